The van der Waals surface area contributed by atoms with Gasteiger partial charge in [-0.3, -0.25) is 10.1 Å². The first kappa shape index (κ1) is 20.6. The predicted molar refractivity (Wildman–Crippen MR) is 127 cm³/mol. The van der Waals surface area contributed by atoms with E-state index in [9.17, 15) is 10.1 Å². The van der Waals surface area contributed by atoms with Gasteiger partial charge in [0, 0.05) is 17.3 Å². The Hall–Kier alpha value is -3.34. The van der Waals surface area contributed by atoms with Crippen molar-refractivity contribution >= 4 is 11.4 Å². The first-order chi connectivity index (χ1) is 15.5. The van der Waals surface area contributed by atoms with E-state index in [-0.39, 0.29) is 10.6 Å². The van der Waals surface area contributed by atoms with E-state index in [0.29, 0.717) is 12.5 Å². The van der Waals surface area contributed by atoms with Gasteiger partial charge < -0.3 is 10.5 Å². The van der Waals surface area contributed by atoms with Gasteiger partial charge >= 0.3 is 0 Å². The van der Waals surface area contributed by atoms with Crippen LogP contribution in [0.1, 0.15) is 40.7 Å². The number of nitrogen functional groups attached to an aromatic ring is 1. The maximum atomic E-state index is 11.5. The molecule has 2 aliphatic rings. The molecule has 0 saturated heterocycles. The normalized spacial score (nSPS) is 16.6. The maximum Gasteiger partial charge on any atom is 0.273 e. The Labute approximate surface area is 188 Å². The highest BCUT2D eigenvalue weighted by Crippen LogP contribution is 2.42. The van der Waals surface area contributed by atoms with Crippen LogP contribution in [0.25, 0.3) is 11.1 Å². The molecular formula is C27H28N2O3. The molecule has 0 heterocycles. The van der Waals surface area contributed by atoms with Crippen LogP contribution in [0.5, 0.6) is 5.75 Å². The Morgan fingerprint density at radius 3 is 2.66 bits per heavy atom. The molecule has 5 nitrogen and oxygen atoms in total. The van der Waals surface area contributed by atoms with Gasteiger partial charge in [-0.1, -0.05) is 24.3 Å². The number of fused-ring (bicyclic) bond motifs is 5. The van der Waals surface area contributed by atoms with Crippen LogP contribution < -0.4 is 10.5 Å². The lowest BCUT2D eigenvalue weighted by molar-refractivity contribution is -0.385. The number of nitro benzene ring substituents is 1. The fourth-order valence-electron chi connectivity index (χ4n) is 5.36. The molecule has 2 aliphatic carbocycles. The number of aryl methyl sites for hydroxylation is 2. The lowest BCUT2D eigenvalue weighted by Gasteiger charge is -2.30. The monoisotopic (exact) mass is 428 g/mol. The standard InChI is InChI=1S/C27H28N2O3/c1-17-15-20(8-12-26(17)28)32-14-13-18-5-6-19-7-9-22-21-3-2-4-27(29(30)31)24(21)11-10-23(22)25(19)16-18/h2-4,7-9,12,15,18H,5-6,10-11,13-14,16,28H2,1H3. The SMILES string of the molecule is Cc1cc(OCCC2CCc3ccc4c(c3C2)CCc2c-4cccc2[N+](=O)[O-])ccc1N. The zero-order valence-electron chi connectivity index (χ0n) is 18.4. The topological polar surface area (TPSA) is 78.4 Å². The minimum Gasteiger partial charge on any atom is -0.494 e. The molecule has 1 unspecified atom stereocenters. The van der Waals surface area contributed by atoms with Gasteiger partial charge in [-0.2, -0.15) is 0 Å². The van der Waals surface area contributed by atoms with E-state index in [4.69, 9.17) is 10.5 Å². The fraction of sp³-hybridized carbons (Fsp3) is 0.333. The lowest BCUT2D eigenvalue weighted by Crippen LogP contribution is -2.20. The molecule has 5 heteroatoms. The van der Waals surface area contributed by atoms with Gasteiger partial charge in [0.25, 0.3) is 5.69 Å². The first-order valence-electron chi connectivity index (χ1n) is 11.4. The number of anilines is 1. The number of benzene rings is 3. The summed E-state index contributed by atoms with van der Waals surface area (Å²) in [5, 5.41) is 11.5. The average molecular weight is 429 g/mol. The predicted octanol–water partition coefficient (Wildman–Crippen LogP) is 5.83. The number of nitrogens with two attached hydrogens (primary N) is 1. The quantitative estimate of drug-likeness (QED) is 0.315. The van der Waals surface area contributed by atoms with Crippen LogP contribution in [-0.2, 0) is 25.7 Å². The number of hydrogen-bond donors (Lipinski definition) is 1. The highest BCUT2D eigenvalue weighted by molar-refractivity contribution is 5.78. The van der Waals surface area contributed by atoms with E-state index in [1.54, 1.807) is 6.07 Å². The molecule has 0 aromatic heterocycles. The van der Waals surface area contributed by atoms with Gasteiger partial charge in [-0.15, -0.1) is 0 Å². The molecule has 3 aromatic carbocycles. The summed E-state index contributed by atoms with van der Waals surface area (Å²) in [6.45, 7) is 2.70. The van der Waals surface area contributed by atoms with Crippen molar-refractivity contribution in [2.45, 2.75) is 45.4 Å². The molecule has 0 radical (unpaired) electrons. The van der Waals surface area contributed by atoms with Crippen molar-refractivity contribution in [3.8, 4) is 16.9 Å². The van der Waals surface area contributed by atoms with Crippen molar-refractivity contribution in [2.24, 2.45) is 5.92 Å². The van der Waals surface area contributed by atoms with Gasteiger partial charge in [0.15, 0.2) is 0 Å². The molecule has 32 heavy (non-hydrogen) atoms. The van der Waals surface area contributed by atoms with Gasteiger partial charge in [-0.25, -0.2) is 0 Å². The van der Waals surface area contributed by atoms with Gasteiger partial charge in [0.1, 0.15) is 5.75 Å². The van der Waals surface area contributed by atoms with E-state index < -0.39 is 0 Å². The highest BCUT2D eigenvalue weighted by atomic mass is 16.6. The van der Waals surface area contributed by atoms with Crippen LogP contribution in [0.15, 0.2) is 48.5 Å². The van der Waals surface area contributed by atoms with Crippen LogP contribution in [-0.4, -0.2) is 11.5 Å². The van der Waals surface area contributed by atoms with Crippen LogP contribution in [0.3, 0.4) is 0 Å². The van der Waals surface area contributed by atoms with E-state index in [1.807, 2.05) is 37.3 Å². The third-order valence-electron chi connectivity index (χ3n) is 7.14. The number of rotatable bonds is 5. The van der Waals surface area contributed by atoms with Crippen molar-refractivity contribution < 1.29 is 9.66 Å². The number of nitro groups is 1. The Morgan fingerprint density at radius 1 is 1.03 bits per heavy atom. The molecule has 0 bridgehead atoms. The molecule has 0 spiro atoms. The van der Waals surface area contributed by atoms with Crippen LogP contribution in [0.4, 0.5) is 11.4 Å². The second kappa shape index (κ2) is 8.30. The molecule has 0 aliphatic heterocycles. The fourth-order valence-corrected chi connectivity index (χ4v) is 5.36. The Bertz CT molecular complexity index is 1200. The summed E-state index contributed by atoms with van der Waals surface area (Å²) >= 11 is 0. The van der Waals surface area contributed by atoms with Crippen molar-refractivity contribution in [1.29, 1.82) is 0 Å². The molecule has 1 atom stereocenters. The second-order valence-corrected chi connectivity index (χ2v) is 9.05. The summed E-state index contributed by atoms with van der Waals surface area (Å²) in [4.78, 5) is 11.2. The smallest absolute Gasteiger partial charge is 0.273 e. The lowest BCUT2D eigenvalue weighted by atomic mass is 9.74. The highest BCUT2D eigenvalue weighted by Gasteiger charge is 2.28. The molecule has 0 saturated carbocycles. The third-order valence-corrected chi connectivity index (χ3v) is 7.14. The minimum atomic E-state index is -0.249. The average Bonchev–Trinajstić information content (AvgIpc) is 2.80. The van der Waals surface area contributed by atoms with Crippen LogP contribution in [0.2, 0.25) is 0 Å². The molecule has 5 rings (SSSR count). The van der Waals surface area contributed by atoms with Gasteiger partial charge in [0.05, 0.1) is 11.5 Å². The van der Waals surface area contributed by atoms with Crippen molar-refractivity contribution in [3.05, 3.63) is 86.5 Å². The molecular weight excluding hydrogens is 400 g/mol. The maximum absolute atomic E-state index is 11.5. The second-order valence-electron chi connectivity index (χ2n) is 9.05. The summed E-state index contributed by atoms with van der Waals surface area (Å²) < 4.78 is 6.01. The summed E-state index contributed by atoms with van der Waals surface area (Å²) in [6.07, 6.45) is 5.97. The molecule has 3 aromatic rings. The van der Waals surface area contributed by atoms with Gasteiger partial charge in [-0.05, 0) is 103 Å². The molecule has 0 amide bonds. The van der Waals surface area contributed by atoms with E-state index >= 15 is 0 Å². The van der Waals surface area contributed by atoms with Crippen molar-refractivity contribution in [1.82, 2.24) is 0 Å². The van der Waals surface area contributed by atoms with E-state index in [0.717, 1.165) is 60.2 Å². The number of hydrogen-bond acceptors (Lipinski definition) is 4. The van der Waals surface area contributed by atoms with Crippen molar-refractivity contribution in [3.63, 3.8) is 0 Å². The molecule has 2 N–H and O–H groups in total. The summed E-state index contributed by atoms with van der Waals surface area (Å²) in [5.74, 6) is 1.47. The molecule has 0 fully saturated rings. The van der Waals surface area contributed by atoms with Gasteiger partial charge in [0.2, 0.25) is 0 Å². The zero-order valence-corrected chi connectivity index (χ0v) is 18.4. The third kappa shape index (κ3) is 3.72. The Balaban J connectivity index is 1.34. The van der Waals surface area contributed by atoms with Crippen LogP contribution in [0, 0.1) is 23.0 Å². The van der Waals surface area contributed by atoms with E-state index in [1.165, 1.54) is 28.7 Å². The summed E-state index contributed by atoms with van der Waals surface area (Å²) in [6, 6.07) is 15.7. The zero-order chi connectivity index (χ0) is 22.2. The first-order valence-corrected chi connectivity index (χ1v) is 11.4. The summed E-state index contributed by atoms with van der Waals surface area (Å²) in [5.41, 5.74) is 15.4. The summed E-state index contributed by atoms with van der Waals surface area (Å²) in [7, 11) is 0. The number of ether oxygens (including phenoxy) is 1. The molecule has 164 valence electrons. The van der Waals surface area contributed by atoms with Crippen molar-refractivity contribution in [2.75, 3.05) is 12.3 Å². The minimum absolute atomic E-state index is 0.249. The Morgan fingerprint density at radius 2 is 1.84 bits per heavy atom. The largest absolute Gasteiger partial charge is 0.494 e. The van der Waals surface area contributed by atoms with E-state index in [2.05, 4.69) is 12.1 Å². The van der Waals surface area contributed by atoms with Crippen LogP contribution >= 0.6 is 0 Å². The number of nitrogens with zero attached hydrogens (tertiary/aromatic N) is 1. The Kier molecular flexibility index (Phi) is 5.33.